The molecule has 2 amide bonds. The van der Waals surface area contributed by atoms with Crippen molar-refractivity contribution in [3.05, 3.63) is 57.9 Å². The second kappa shape index (κ2) is 7.55. The molecular weight excluding hydrogens is 460 g/mol. The molecule has 2 saturated heterocycles. The highest BCUT2D eigenvalue weighted by Gasteiger charge is 2.43. The van der Waals surface area contributed by atoms with Gasteiger partial charge in [0.25, 0.3) is 5.91 Å². The van der Waals surface area contributed by atoms with Gasteiger partial charge in [-0.15, -0.1) is 0 Å². The molecule has 0 radical (unpaired) electrons. The second-order valence-electron chi connectivity index (χ2n) is 6.76. The lowest BCUT2D eigenvalue weighted by atomic mass is 10.1. The van der Waals surface area contributed by atoms with Gasteiger partial charge < -0.3 is 4.90 Å². The Morgan fingerprint density at radius 2 is 1.44 bits per heavy atom. The Hall–Kier alpha value is -2.00. The van der Waals surface area contributed by atoms with Gasteiger partial charge in [0.05, 0.1) is 18.2 Å². The summed E-state index contributed by atoms with van der Waals surface area (Å²) in [5.41, 5.74) is 1.61. The number of amides is 2. The average molecular weight is 479 g/mol. The third-order valence-corrected chi connectivity index (χ3v) is 5.87. The number of hydrogen-bond donors (Lipinski definition) is 0. The molecule has 0 unspecified atom stereocenters. The fourth-order valence-corrected chi connectivity index (χ4v) is 4.07. The molecule has 0 aliphatic carbocycles. The van der Waals surface area contributed by atoms with Crippen molar-refractivity contribution >= 4 is 45.8 Å². The molecule has 0 aromatic heterocycles. The first-order valence-corrected chi connectivity index (χ1v) is 9.98. The van der Waals surface area contributed by atoms with Crippen LogP contribution in [-0.4, -0.2) is 48.9 Å². The van der Waals surface area contributed by atoms with E-state index in [1.54, 1.807) is 12.1 Å². The molecule has 1 atom stereocenters. The Morgan fingerprint density at radius 3 is 2.07 bits per heavy atom. The molecule has 2 aromatic rings. The van der Waals surface area contributed by atoms with Crippen molar-refractivity contribution in [2.75, 3.05) is 36.0 Å². The lowest BCUT2D eigenvalue weighted by molar-refractivity contribution is -0.123. The van der Waals surface area contributed by atoms with Gasteiger partial charge in [-0.05, 0) is 71.1 Å². The van der Waals surface area contributed by atoms with Crippen LogP contribution < -0.4 is 9.80 Å². The minimum absolute atomic E-state index is 0.142. The number of benzene rings is 2. The number of carbonyl (C=O) groups is 2. The van der Waals surface area contributed by atoms with E-state index in [0.717, 1.165) is 22.3 Å². The van der Waals surface area contributed by atoms with Crippen molar-refractivity contribution in [3.8, 4) is 0 Å². The molecule has 2 aliphatic rings. The Kier molecular flexibility index (Phi) is 5.14. The van der Waals surface area contributed by atoms with Crippen molar-refractivity contribution in [1.82, 2.24) is 4.90 Å². The van der Waals surface area contributed by atoms with Crippen LogP contribution in [0.1, 0.15) is 6.42 Å². The zero-order chi connectivity index (χ0) is 19.0. The van der Waals surface area contributed by atoms with Gasteiger partial charge in [-0.2, -0.15) is 0 Å². The summed E-state index contributed by atoms with van der Waals surface area (Å²) in [6.45, 7) is 2.88. The minimum atomic E-state index is -0.396. The molecule has 140 valence electrons. The maximum absolute atomic E-state index is 13.1. The van der Waals surface area contributed by atoms with Gasteiger partial charge >= 0.3 is 0 Å². The van der Waals surface area contributed by atoms with E-state index in [2.05, 4.69) is 32.4 Å². The molecule has 2 heterocycles. The Morgan fingerprint density at radius 1 is 0.852 bits per heavy atom. The smallest absolute Gasteiger partial charge is 0.251 e. The Bertz CT molecular complexity index is 849. The summed E-state index contributed by atoms with van der Waals surface area (Å²) in [6, 6.07) is 13.5. The molecule has 0 spiro atoms. The van der Waals surface area contributed by atoms with Crippen LogP contribution in [0.4, 0.5) is 15.8 Å². The molecule has 4 rings (SSSR count). The highest BCUT2D eigenvalue weighted by molar-refractivity contribution is 14.1. The van der Waals surface area contributed by atoms with Gasteiger partial charge in [0.1, 0.15) is 5.82 Å². The second-order valence-corrected chi connectivity index (χ2v) is 8.01. The zero-order valence-corrected chi connectivity index (χ0v) is 16.8. The van der Waals surface area contributed by atoms with Gasteiger partial charge in [-0.25, -0.2) is 9.29 Å². The van der Waals surface area contributed by atoms with Crippen molar-refractivity contribution in [1.29, 1.82) is 0 Å². The summed E-state index contributed by atoms with van der Waals surface area (Å²) in [6.07, 6.45) is 0.224. The molecule has 5 nitrogen and oxygen atoms in total. The first-order chi connectivity index (χ1) is 13.0. The number of anilines is 2. The SMILES string of the molecule is O=C1C[C@@H](N2CCN(c3ccc(F)cc3)CC2)C(=O)N1c1ccc(I)cc1. The number of carbonyl (C=O) groups excluding carboxylic acids is 2. The van der Waals surface area contributed by atoms with E-state index in [0.29, 0.717) is 18.8 Å². The topological polar surface area (TPSA) is 43.9 Å². The molecule has 7 heteroatoms. The molecule has 27 heavy (non-hydrogen) atoms. The summed E-state index contributed by atoms with van der Waals surface area (Å²) >= 11 is 2.20. The summed E-state index contributed by atoms with van der Waals surface area (Å²) in [7, 11) is 0. The van der Waals surface area contributed by atoms with E-state index in [-0.39, 0.29) is 24.1 Å². The maximum atomic E-state index is 13.1. The highest BCUT2D eigenvalue weighted by atomic mass is 127. The molecule has 2 fully saturated rings. The van der Waals surface area contributed by atoms with Gasteiger partial charge in [0.15, 0.2) is 0 Å². The fraction of sp³-hybridized carbons (Fsp3) is 0.300. The first kappa shape index (κ1) is 18.4. The van der Waals surface area contributed by atoms with Crippen LogP contribution in [0.5, 0.6) is 0 Å². The number of rotatable bonds is 3. The summed E-state index contributed by atoms with van der Waals surface area (Å²) < 4.78 is 14.2. The largest absolute Gasteiger partial charge is 0.369 e. The number of piperazine rings is 1. The van der Waals surface area contributed by atoms with Crippen molar-refractivity contribution in [2.24, 2.45) is 0 Å². The minimum Gasteiger partial charge on any atom is -0.369 e. The molecule has 0 N–H and O–H groups in total. The molecule has 0 saturated carbocycles. The normalized spacial score (nSPS) is 21.2. The Labute approximate surface area is 170 Å². The monoisotopic (exact) mass is 479 g/mol. The van der Waals surface area contributed by atoms with E-state index in [4.69, 9.17) is 0 Å². The van der Waals surface area contributed by atoms with Crippen molar-refractivity contribution in [3.63, 3.8) is 0 Å². The summed E-state index contributed by atoms with van der Waals surface area (Å²) in [5, 5.41) is 0. The third kappa shape index (κ3) is 3.70. The van der Waals surface area contributed by atoms with Gasteiger partial charge in [-0.1, -0.05) is 0 Å². The van der Waals surface area contributed by atoms with Crippen LogP contribution in [-0.2, 0) is 9.59 Å². The number of nitrogens with zero attached hydrogens (tertiary/aromatic N) is 3. The van der Waals surface area contributed by atoms with Crippen molar-refractivity contribution in [2.45, 2.75) is 12.5 Å². The zero-order valence-electron chi connectivity index (χ0n) is 14.6. The van der Waals surface area contributed by atoms with Crippen LogP contribution in [0.15, 0.2) is 48.5 Å². The molecule has 2 aliphatic heterocycles. The highest BCUT2D eigenvalue weighted by Crippen LogP contribution is 2.27. The fourth-order valence-electron chi connectivity index (χ4n) is 3.71. The van der Waals surface area contributed by atoms with E-state index < -0.39 is 6.04 Å². The van der Waals surface area contributed by atoms with E-state index >= 15 is 0 Å². The maximum Gasteiger partial charge on any atom is 0.251 e. The number of hydrogen-bond acceptors (Lipinski definition) is 4. The number of imide groups is 1. The van der Waals surface area contributed by atoms with Gasteiger partial charge in [-0.3, -0.25) is 14.5 Å². The number of halogens is 2. The van der Waals surface area contributed by atoms with E-state index in [1.165, 1.54) is 17.0 Å². The van der Waals surface area contributed by atoms with Crippen LogP contribution in [0.3, 0.4) is 0 Å². The van der Waals surface area contributed by atoms with E-state index in [9.17, 15) is 14.0 Å². The van der Waals surface area contributed by atoms with Gasteiger partial charge in [0.2, 0.25) is 5.91 Å². The van der Waals surface area contributed by atoms with Crippen LogP contribution >= 0.6 is 22.6 Å². The average Bonchev–Trinajstić information content (AvgIpc) is 2.98. The lowest BCUT2D eigenvalue weighted by Crippen LogP contribution is -2.52. The quantitative estimate of drug-likeness (QED) is 0.502. The lowest BCUT2D eigenvalue weighted by Gasteiger charge is -2.38. The van der Waals surface area contributed by atoms with Gasteiger partial charge in [0, 0.05) is 35.4 Å². The predicted octanol–water partition coefficient (Wildman–Crippen LogP) is 2.88. The van der Waals surface area contributed by atoms with Crippen LogP contribution in [0.25, 0.3) is 0 Å². The van der Waals surface area contributed by atoms with Crippen LogP contribution in [0, 0.1) is 9.39 Å². The summed E-state index contributed by atoms with van der Waals surface area (Å²) in [4.78, 5) is 30.9. The first-order valence-electron chi connectivity index (χ1n) is 8.90. The summed E-state index contributed by atoms with van der Waals surface area (Å²) in [5.74, 6) is -0.535. The molecular formula is C20H19FIN3O2. The third-order valence-electron chi connectivity index (χ3n) is 5.15. The molecule has 0 bridgehead atoms. The standard InChI is InChI=1S/C20H19FIN3O2/c21-14-1-5-16(6-2-14)23-9-11-24(12-10-23)18-13-19(26)25(20(18)27)17-7-3-15(22)4-8-17/h1-8,18H,9-13H2/t18-/m1/s1. The van der Waals surface area contributed by atoms with E-state index in [1.807, 2.05) is 24.3 Å². The Balaban J connectivity index is 1.43. The van der Waals surface area contributed by atoms with Crippen molar-refractivity contribution < 1.29 is 14.0 Å². The predicted molar refractivity (Wildman–Crippen MR) is 110 cm³/mol. The molecule has 2 aromatic carbocycles. The van der Waals surface area contributed by atoms with Crippen LogP contribution in [0.2, 0.25) is 0 Å².